The molecule has 2 rings (SSSR count). The van der Waals surface area contributed by atoms with Crippen molar-refractivity contribution in [1.29, 1.82) is 0 Å². The number of nitrogens with zero attached hydrogens (tertiary/aromatic N) is 1. The number of anilines is 1. The first-order chi connectivity index (χ1) is 7.52. The number of benzene rings is 1. The first kappa shape index (κ1) is 11.3. The van der Waals surface area contributed by atoms with Crippen molar-refractivity contribution in [1.82, 2.24) is 4.90 Å². The molecule has 2 N–H and O–H groups in total. The van der Waals surface area contributed by atoms with E-state index in [-0.39, 0.29) is 11.9 Å². The minimum absolute atomic E-state index is 0.0841. The number of amides is 1. The van der Waals surface area contributed by atoms with Crippen LogP contribution in [0.4, 0.5) is 5.69 Å². The molecule has 0 spiro atoms. The molecule has 0 aromatic heterocycles. The van der Waals surface area contributed by atoms with E-state index in [1.165, 1.54) is 0 Å². The predicted octanol–water partition coefficient (Wildman–Crippen LogP) is 2.39. The van der Waals surface area contributed by atoms with Gasteiger partial charge in [0, 0.05) is 13.5 Å². The van der Waals surface area contributed by atoms with Crippen LogP contribution >= 0.6 is 11.6 Å². The quantitative estimate of drug-likeness (QED) is 0.706. The Balaban J connectivity index is 2.47. The standard InChI is InChI=1S/C12H15ClN2O/c1-7-9-3-4-11(13)12(14)10(9)5-6-15(7)8(2)16/h3-4,7H,5-6,14H2,1-2H3. The molecular weight excluding hydrogens is 224 g/mol. The smallest absolute Gasteiger partial charge is 0.219 e. The summed E-state index contributed by atoms with van der Waals surface area (Å²) in [5, 5.41) is 0.599. The van der Waals surface area contributed by atoms with Crippen LogP contribution in [0.5, 0.6) is 0 Å². The molecule has 0 saturated carbocycles. The number of carbonyl (C=O) groups is 1. The summed E-state index contributed by atoms with van der Waals surface area (Å²) < 4.78 is 0. The normalized spacial score (nSPS) is 19.4. The lowest BCUT2D eigenvalue weighted by Gasteiger charge is -2.35. The zero-order chi connectivity index (χ0) is 11.9. The van der Waals surface area contributed by atoms with Gasteiger partial charge in [-0.25, -0.2) is 0 Å². The van der Waals surface area contributed by atoms with Gasteiger partial charge in [0.2, 0.25) is 5.91 Å². The Hall–Kier alpha value is -1.22. The SMILES string of the molecule is CC(=O)N1CCc2c(ccc(Cl)c2N)C1C. The lowest BCUT2D eigenvalue weighted by molar-refractivity contribution is -0.131. The average molecular weight is 239 g/mol. The van der Waals surface area contributed by atoms with Crippen molar-refractivity contribution in [3.05, 3.63) is 28.3 Å². The van der Waals surface area contributed by atoms with Crippen LogP contribution in [0.15, 0.2) is 12.1 Å². The van der Waals surface area contributed by atoms with E-state index >= 15 is 0 Å². The largest absolute Gasteiger partial charge is 0.397 e. The van der Waals surface area contributed by atoms with E-state index in [4.69, 9.17) is 17.3 Å². The van der Waals surface area contributed by atoms with Gasteiger partial charge >= 0.3 is 0 Å². The van der Waals surface area contributed by atoms with Crippen molar-refractivity contribution in [2.75, 3.05) is 12.3 Å². The maximum absolute atomic E-state index is 11.4. The van der Waals surface area contributed by atoms with Gasteiger partial charge in [-0.2, -0.15) is 0 Å². The van der Waals surface area contributed by atoms with Gasteiger partial charge in [0.25, 0.3) is 0 Å². The second kappa shape index (κ2) is 3.98. The predicted molar refractivity (Wildman–Crippen MR) is 65.4 cm³/mol. The highest BCUT2D eigenvalue weighted by atomic mass is 35.5. The van der Waals surface area contributed by atoms with Crippen molar-refractivity contribution >= 4 is 23.2 Å². The Morgan fingerprint density at radius 2 is 2.25 bits per heavy atom. The van der Waals surface area contributed by atoms with E-state index in [1.54, 1.807) is 13.0 Å². The molecule has 1 aromatic rings. The summed E-state index contributed by atoms with van der Waals surface area (Å²) in [5.74, 6) is 0.103. The van der Waals surface area contributed by atoms with Crippen molar-refractivity contribution in [3.63, 3.8) is 0 Å². The van der Waals surface area contributed by atoms with E-state index in [0.717, 1.165) is 17.5 Å². The minimum atomic E-state index is 0.0841. The van der Waals surface area contributed by atoms with E-state index < -0.39 is 0 Å². The number of fused-ring (bicyclic) bond motifs is 1. The fraction of sp³-hybridized carbons (Fsp3) is 0.417. The van der Waals surface area contributed by atoms with Gasteiger partial charge in [-0.15, -0.1) is 0 Å². The topological polar surface area (TPSA) is 46.3 Å². The average Bonchev–Trinajstić information content (AvgIpc) is 2.23. The summed E-state index contributed by atoms with van der Waals surface area (Å²) in [6, 6.07) is 3.85. The Kier molecular flexibility index (Phi) is 2.80. The van der Waals surface area contributed by atoms with Gasteiger partial charge in [0.15, 0.2) is 0 Å². The zero-order valence-corrected chi connectivity index (χ0v) is 10.2. The van der Waals surface area contributed by atoms with Crippen LogP contribution < -0.4 is 5.73 Å². The maximum atomic E-state index is 11.4. The number of hydrogen-bond acceptors (Lipinski definition) is 2. The number of nitrogens with two attached hydrogens (primary N) is 1. The summed E-state index contributed by atoms with van der Waals surface area (Å²) in [4.78, 5) is 13.3. The number of carbonyl (C=O) groups excluding carboxylic acids is 1. The van der Waals surface area contributed by atoms with Crippen LogP contribution in [-0.4, -0.2) is 17.4 Å². The first-order valence-electron chi connectivity index (χ1n) is 5.36. The summed E-state index contributed by atoms with van der Waals surface area (Å²) in [5.41, 5.74) is 8.82. The Morgan fingerprint density at radius 1 is 1.56 bits per heavy atom. The molecule has 0 aliphatic carbocycles. The number of rotatable bonds is 0. The summed E-state index contributed by atoms with van der Waals surface area (Å²) in [6.45, 7) is 4.33. The Labute approximate surface area is 100 Å². The Morgan fingerprint density at radius 3 is 2.88 bits per heavy atom. The van der Waals surface area contributed by atoms with Crippen molar-refractivity contribution in [3.8, 4) is 0 Å². The molecule has 3 nitrogen and oxygen atoms in total. The molecule has 0 saturated heterocycles. The first-order valence-corrected chi connectivity index (χ1v) is 5.74. The van der Waals surface area contributed by atoms with Crippen LogP contribution in [0.1, 0.15) is 31.0 Å². The van der Waals surface area contributed by atoms with Crippen molar-refractivity contribution < 1.29 is 4.79 Å². The Bertz CT molecular complexity index is 445. The molecule has 1 heterocycles. The van der Waals surface area contributed by atoms with Crippen molar-refractivity contribution in [2.45, 2.75) is 26.3 Å². The van der Waals surface area contributed by atoms with Gasteiger partial charge in [-0.05, 0) is 30.5 Å². The summed E-state index contributed by atoms with van der Waals surface area (Å²) in [7, 11) is 0. The fourth-order valence-electron chi connectivity index (χ4n) is 2.35. The molecule has 1 atom stereocenters. The van der Waals surface area contributed by atoms with E-state index in [9.17, 15) is 4.79 Å². The minimum Gasteiger partial charge on any atom is -0.397 e. The molecule has 1 aliphatic heterocycles. The van der Waals surface area contributed by atoms with Crippen molar-refractivity contribution in [2.24, 2.45) is 0 Å². The van der Waals surface area contributed by atoms with Crippen LogP contribution in [0.2, 0.25) is 5.02 Å². The van der Waals surface area contributed by atoms with Crippen LogP contribution in [0.25, 0.3) is 0 Å². The summed E-state index contributed by atoms with van der Waals surface area (Å²) >= 11 is 5.99. The number of nitrogen functional groups attached to an aromatic ring is 1. The molecule has 1 amide bonds. The molecule has 1 unspecified atom stereocenters. The van der Waals surface area contributed by atoms with Crippen LogP contribution in [-0.2, 0) is 11.2 Å². The second-order valence-electron chi connectivity index (χ2n) is 4.17. The molecule has 1 aromatic carbocycles. The van der Waals surface area contributed by atoms with E-state index in [0.29, 0.717) is 17.3 Å². The third-order valence-electron chi connectivity index (χ3n) is 3.26. The second-order valence-corrected chi connectivity index (χ2v) is 4.57. The lowest BCUT2D eigenvalue weighted by Crippen LogP contribution is -2.37. The summed E-state index contributed by atoms with van der Waals surface area (Å²) in [6.07, 6.45) is 0.783. The highest BCUT2D eigenvalue weighted by Crippen LogP contribution is 2.35. The molecular formula is C12H15ClN2O. The molecule has 16 heavy (non-hydrogen) atoms. The monoisotopic (exact) mass is 238 g/mol. The van der Waals surface area contributed by atoms with Gasteiger partial charge in [0.1, 0.15) is 0 Å². The molecule has 0 radical (unpaired) electrons. The fourth-order valence-corrected chi connectivity index (χ4v) is 2.52. The van der Waals surface area contributed by atoms with Gasteiger partial charge < -0.3 is 10.6 Å². The van der Waals surface area contributed by atoms with Gasteiger partial charge in [0.05, 0.1) is 16.8 Å². The highest BCUT2D eigenvalue weighted by molar-refractivity contribution is 6.33. The van der Waals surface area contributed by atoms with E-state index in [2.05, 4.69) is 0 Å². The van der Waals surface area contributed by atoms with E-state index in [1.807, 2.05) is 17.9 Å². The molecule has 0 fully saturated rings. The number of hydrogen-bond donors (Lipinski definition) is 1. The third kappa shape index (κ3) is 1.65. The van der Waals surface area contributed by atoms with Crippen LogP contribution in [0, 0.1) is 0 Å². The zero-order valence-electron chi connectivity index (χ0n) is 9.46. The number of halogens is 1. The highest BCUT2D eigenvalue weighted by Gasteiger charge is 2.27. The third-order valence-corrected chi connectivity index (χ3v) is 3.59. The maximum Gasteiger partial charge on any atom is 0.219 e. The van der Waals surface area contributed by atoms with Gasteiger partial charge in [-0.3, -0.25) is 4.79 Å². The molecule has 86 valence electrons. The van der Waals surface area contributed by atoms with Crippen LogP contribution in [0.3, 0.4) is 0 Å². The lowest BCUT2D eigenvalue weighted by atomic mass is 9.92. The molecule has 1 aliphatic rings. The van der Waals surface area contributed by atoms with Gasteiger partial charge in [-0.1, -0.05) is 17.7 Å². The molecule has 0 bridgehead atoms. The molecule has 4 heteroatoms.